The summed E-state index contributed by atoms with van der Waals surface area (Å²) in [6, 6.07) is 0. The van der Waals surface area contributed by atoms with E-state index in [4.69, 9.17) is 28.4 Å². The fourth-order valence-electron chi connectivity index (χ4n) is 5.06. The quantitative estimate of drug-likeness (QED) is 0.0878. The molecular formula is C24H44O20. The lowest BCUT2D eigenvalue weighted by atomic mass is 9.96. The van der Waals surface area contributed by atoms with Gasteiger partial charge in [0, 0.05) is 0 Å². The fourth-order valence-corrected chi connectivity index (χ4v) is 5.06. The Morgan fingerprint density at radius 1 is 0.545 bits per heavy atom. The molecule has 0 saturated carbocycles. The molecule has 3 aliphatic heterocycles. The summed E-state index contributed by atoms with van der Waals surface area (Å²) in [4.78, 5) is 0. The van der Waals surface area contributed by atoms with Gasteiger partial charge in [-0.25, -0.2) is 0 Å². The Morgan fingerprint density at radius 3 is 1.66 bits per heavy atom. The van der Waals surface area contributed by atoms with Crippen LogP contribution in [0, 0.1) is 0 Å². The van der Waals surface area contributed by atoms with E-state index in [0.29, 0.717) is 0 Å². The molecule has 19 atom stereocenters. The molecular weight excluding hydrogens is 608 g/mol. The van der Waals surface area contributed by atoms with Crippen molar-refractivity contribution in [3.05, 3.63) is 0 Å². The fraction of sp³-hybridized carbons (Fsp3) is 1.00. The predicted octanol–water partition coefficient (Wildman–Crippen LogP) is -9.09. The van der Waals surface area contributed by atoms with E-state index >= 15 is 0 Å². The molecule has 0 radical (unpaired) electrons. The van der Waals surface area contributed by atoms with E-state index < -0.39 is 143 Å². The van der Waals surface area contributed by atoms with E-state index in [2.05, 4.69) is 0 Å². The zero-order chi connectivity index (χ0) is 33.0. The van der Waals surface area contributed by atoms with E-state index in [1.807, 2.05) is 0 Å². The maximum atomic E-state index is 11.1. The number of aliphatic hydroxyl groups is 14. The molecule has 0 amide bonds. The van der Waals surface area contributed by atoms with Crippen LogP contribution in [0.5, 0.6) is 0 Å². The van der Waals surface area contributed by atoms with Gasteiger partial charge in [0.25, 0.3) is 0 Å². The maximum Gasteiger partial charge on any atom is 0.187 e. The molecule has 20 nitrogen and oxygen atoms in total. The van der Waals surface area contributed by atoms with Crippen LogP contribution in [-0.2, 0) is 28.4 Å². The predicted molar refractivity (Wildman–Crippen MR) is 135 cm³/mol. The summed E-state index contributed by atoms with van der Waals surface area (Å²) in [5.74, 6) is 0. The van der Waals surface area contributed by atoms with Crippen molar-refractivity contribution in [1.82, 2.24) is 0 Å². The van der Waals surface area contributed by atoms with Crippen LogP contribution in [0.25, 0.3) is 0 Å². The molecule has 44 heavy (non-hydrogen) atoms. The first-order chi connectivity index (χ1) is 20.7. The van der Waals surface area contributed by atoms with Crippen LogP contribution in [0.4, 0.5) is 0 Å². The molecule has 3 aliphatic rings. The minimum atomic E-state index is -2.06. The Kier molecular flexibility index (Phi) is 14.0. The van der Waals surface area contributed by atoms with Crippen LogP contribution in [0.1, 0.15) is 6.92 Å². The van der Waals surface area contributed by atoms with Crippen LogP contribution in [0.3, 0.4) is 0 Å². The maximum absolute atomic E-state index is 11.1. The van der Waals surface area contributed by atoms with Gasteiger partial charge in [0.15, 0.2) is 18.9 Å². The first-order valence-corrected chi connectivity index (χ1v) is 13.9. The third-order valence-electron chi connectivity index (χ3n) is 7.81. The molecule has 0 spiro atoms. The lowest BCUT2D eigenvalue weighted by Crippen LogP contribution is -2.67. The Balaban J connectivity index is 1.87. The summed E-state index contributed by atoms with van der Waals surface area (Å²) in [6.45, 7) is -2.40. The monoisotopic (exact) mass is 652 g/mol. The summed E-state index contributed by atoms with van der Waals surface area (Å²) in [5.41, 5.74) is 0. The van der Waals surface area contributed by atoms with Crippen molar-refractivity contribution in [2.75, 3.05) is 26.4 Å². The second-order valence-corrected chi connectivity index (χ2v) is 10.9. The Morgan fingerprint density at radius 2 is 1.09 bits per heavy atom. The van der Waals surface area contributed by atoms with Crippen LogP contribution in [0.15, 0.2) is 0 Å². The second-order valence-electron chi connectivity index (χ2n) is 10.9. The highest BCUT2D eigenvalue weighted by Gasteiger charge is 2.54. The summed E-state index contributed by atoms with van der Waals surface area (Å²) in [5, 5.41) is 142. The standard InChI is InChI=1S/C24H44O20/c1-6-11(31)16(36)21(44-22-17(37)15(35)13(33)9(4-27)40-22)24(39-6)43-20-14(34)10(5-28)41-23(18(20)38)42-19(8(30)3-26)12(32)7(29)2-25/h6-38H,2-5H2,1H3/t6-,7-,8+,9-,10-,11-,12-,13+,14-,15+,16+,17-,18+,19-,20+,21+,22-,23-,24-/m1/s1. The normalized spacial score (nSPS) is 46.3. The van der Waals surface area contributed by atoms with Gasteiger partial charge in [0.1, 0.15) is 91.6 Å². The minimum absolute atomic E-state index is 0.811. The molecule has 3 rings (SSSR count). The van der Waals surface area contributed by atoms with Gasteiger partial charge < -0.3 is 99.9 Å². The minimum Gasteiger partial charge on any atom is -0.394 e. The van der Waals surface area contributed by atoms with Gasteiger partial charge >= 0.3 is 0 Å². The third kappa shape index (κ3) is 8.00. The van der Waals surface area contributed by atoms with Crippen molar-refractivity contribution in [3.8, 4) is 0 Å². The molecule has 0 aromatic carbocycles. The van der Waals surface area contributed by atoms with Crippen LogP contribution in [-0.4, -0.2) is 214 Å². The van der Waals surface area contributed by atoms with E-state index in [-0.39, 0.29) is 0 Å². The Labute approximate surface area is 250 Å². The number of hydrogen-bond acceptors (Lipinski definition) is 20. The molecule has 0 bridgehead atoms. The first-order valence-electron chi connectivity index (χ1n) is 13.9. The van der Waals surface area contributed by atoms with Crippen molar-refractivity contribution in [2.24, 2.45) is 0 Å². The highest BCUT2D eigenvalue weighted by atomic mass is 16.8. The van der Waals surface area contributed by atoms with Crippen molar-refractivity contribution in [2.45, 2.75) is 123 Å². The van der Waals surface area contributed by atoms with Crippen molar-refractivity contribution in [1.29, 1.82) is 0 Å². The van der Waals surface area contributed by atoms with E-state index in [1.165, 1.54) is 6.92 Å². The van der Waals surface area contributed by atoms with E-state index in [1.54, 1.807) is 0 Å². The van der Waals surface area contributed by atoms with Crippen LogP contribution < -0.4 is 0 Å². The van der Waals surface area contributed by atoms with Gasteiger partial charge in [-0.3, -0.25) is 0 Å². The van der Waals surface area contributed by atoms with Gasteiger partial charge in [0.2, 0.25) is 0 Å². The number of rotatable bonds is 13. The molecule has 3 saturated heterocycles. The number of hydrogen-bond donors (Lipinski definition) is 14. The molecule has 20 heteroatoms. The molecule has 14 N–H and O–H groups in total. The Hall–Kier alpha value is -0.800. The molecule has 0 aromatic heterocycles. The van der Waals surface area contributed by atoms with Crippen LogP contribution in [0.2, 0.25) is 0 Å². The van der Waals surface area contributed by atoms with Crippen LogP contribution >= 0.6 is 0 Å². The zero-order valence-corrected chi connectivity index (χ0v) is 23.5. The molecule has 0 unspecified atom stereocenters. The second kappa shape index (κ2) is 16.3. The van der Waals surface area contributed by atoms with Crippen molar-refractivity contribution >= 4 is 0 Å². The first kappa shape index (κ1) is 37.7. The summed E-state index contributed by atoms with van der Waals surface area (Å²) in [7, 11) is 0. The molecule has 0 aliphatic carbocycles. The lowest BCUT2D eigenvalue weighted by Gasteiger charge is -2.48. The zero-order valence-electron chi connectivity index (χ0n) is 23.5. The van der Waals surface area contributed by atoms with Gasteiger partial charge in [-0.2, -0.15) is 0 Å². The van der Waals surface area contributed by atoms with Crippen molar-refractivity contribution < 1.29 is 99.9 Å². The molecule has 3 heterocycles. The molecule has 3 fully saturated rings. The highest BCUT2D eigenvalue weighted by Crippen LogP contribution is 2.33. The Bertz CT molecular complexity index is 855. The van der Waals surface area contributed by atoms with E-state index in [9.17, 15) is 71.5 Å². The molecule has 0 aromatic rings. The van der Waals surface area contributed by atoms with Crippen molar-refractivity contribution in [3.63, 3.8) is 0 Å². The average Bonchev–Trinajstić information content (AvgIpc) is 3.02. The summed E-state index contributed by atoms with van der Waals surface area (Å²) >= 11 is 0. The highest BCUT2D eigenvalue weighted by molar-refractivity contribution is 4.96. The van der Waals surface area contributed by atoms with Gasteiger partial charge in [-0.05, 0) is 6.92 Å². The van der Waals surface area contributed by atoms with Gasteiger partial charge in [0.05, 0.1) is 32.5 Å². The molecule has 260 valence electrons. The van der Waals surface area contributed by atoms with Gasteiger partial charge in [-0.1, -0.05) is 0 Å². The lowest BCUT2D eigenvalue weighted by molar-refractivity contribution is -0.390. The van der Waals surface area contributed by atoms with Gasteiger partial charge in [-0.15, -0.1) is 0 Å². The smallest absolute Gasteiger partial charge is 0.187 e. The van der Waals surface area contributed by atoms with E-state index in [0.717, 1.165) is 0 Å². The largest absolute Gasteiger partial charge is 0.394 e. The summed E-state index contributed by atoms with van der Waals surface area (Å²) < 4.78 is 33.0. The SMILES string of the molecule is C[C@H]1O[C@H](O[C@@H]2[C@H](O)[C@@H](O[C@@H]([C@H](O)[C@H](O)CO)[C@@H](O)CO)O[C@H](CO)[C@H]2O)[C@@H](O[C@H]2O[C@H](CO)[C@H](O)[C@H](O)[C@H]2O)[C@@H](O)[C@@H]1O. The third-order valence-corrected chi connectivity index (χ3v) is 7.81. The topological polar surface area (TPSA) is 339 Å². The summed E-state index contributed by atoms with van der Waals surface area (Å²) in [6.07, 6.45) is -34.1. The average molecular weight is 653 g/mol. The number of aliphatic hydroxyl groups excluding tert-OH is 14. The number of ether oxygens (including phenoxy) is 6.